The predicted molar refractivity (Wildman–Crippen MR) is 79.3 cm³/mol. The maximum atomic E-state index is 6.01. The summed E-state index contributed by atoms with van der Waals surface area (Å²) >= 11 is 0. The van der Waals surface area contributed by atoms with Crippen LogP contribution in [-0.2, 0) is 4.74 Å². The maximum Gasteiger partial charge on any atom is 0.0746 e. The highest BCUT2D eigenvalue weighted by Gasteiger charge is 2.32. The molecule has 3 unspecified atom stereocenters. The van der Waals surface area contributed by atoms with Gasteiger partial charge in [-0.15, -0.1) is 0 Å². The number of hydrogen-bond acceptors (Lipinski definition) is 4. The second-order valence-electron chi connectivity index (χ2n) is 6.55. The van der Waals surface area contributed by atoms with Crippen LogP contribution < -0.4 is 5.73 Å². The van der Waals surface area contributed by atoms with Crippen molar-refractivity contribution in [2.45, 2.75) is 50.9 Å². The number of hydrogen-bond donors (Lipinski definition) is 1. The summed E-state index contributed by atoms with van der Waals surface area (Å²) in [6.07, 6.45) is 5.75. The number of rotatable bonds is 5. The zero-order valence-electron chi connectivity index (χ0n) is 12.8. The van der Waals surface area contributed by atoms with Crippen LogP contribution >= 0.6 is 0 Å². The first-order valence-electron chi connectivity index (χ1n) is 7.84. The Kier molecular flexibility index (Phi) is 5.63. The van der Waals surface area contributed by atoms with Crippen molar-refractivity contribution in [3.05, 3.63) is 0 Å². The molecule has 0 aromatic carbocycles. The van der Waals surface area contributed by atoms with Gasteiger partial charge in [-0.05, 0) is 65.7 Å². The number of likely N-dealkylation sites (tertiary alicyclic amines) is 1. The monoisotopic (exact) mass is 269 g/mol. The molecule has 3 atom stereocenters. The molecule has 2 aliphatic rings. The van der Waals surface area contributed by atoms with Crippen LogP contribution in [0.1, 0.15) is 32.6 Å². The summed E-state index contributed by atoms with van der Waals surface area (Å²) in [5, 5.41) is 0. The van der Waals surface area contributed by atoms with Crippen molar-refractivity contribution >= 4 is 0 Å². The summed E-state index contributed by atoms with van der Waals surface area (Å²) in [6, 6.07) is 0.393. The summed E-state index contributed by atoms with van der Waals surface area (Å²) in [5.41, 5.74) is 6.00. The van der Waals surface area contributed by atoms with Gasteiger partial charge < -0.3 is 15.4 Å². The Bertz CT molecular complexity index is 266. The second-order valence-corrected chi connectivity index (χ2v) is 6.55. The van der Waals surface area contributed by atoms with Gasteiger partial charge in [0.25, 0.3) is 0 Å². The zero-order chi connectivity index (χ0) is 13.8. The molecule has 0 bridgehead atoms. The Hall–Kier alpha value is -0.160. The number of nitrogens with two attached hydrogens (primary N) is 1. The molecule has 0 amide bonds. The fourth-order valence-electron chi connectivity index (χ4n) is 3.52. The van der Waals surface area contributed by atoms with Gasteiger partial charge in [0.1, 0.15) is 0 Å². The molecule has 0 aliphatic carbocycles. The zero-order valence-corrected chi connectivity index (χ0v) is 12.8. The second kappa shape index (κ2) is 7.02. The SMILES string of the molecule is CC1CCC(C(CN)N(C)CC2CCN(C)CC2)O1. The van der Waals surface area contributed by atoms with Crippen LogP contribution in [0.15, 0.2) is 0 Å². The Morgan fingerprint density at radius 1 is 1.26 bits per heavy atom. The van der Waals surface area contributed by atoms with E-state index >= 15 is 0 Å². The van der Waals surface area contributed by atoms with E-state index in [4.69, 9.17) is 10.5 Å². The van der Waals surface area contributed by atoms with E-state index in [0.29, 0.717) is 24.8 Å². The molecule has 2 aliphatic heterocycles. The summed E-state index contributed by atoms with van der Waals surface area (Å²) in [4.78, 5) is 4.89. The van der Waals surface area contributed by atoms with E-state index in [2.05, 4.69) is 30.8 Å². The largest absolute Gasteiger partial charge is 0.374 e. The van der Waals surface area contributed by atoms with E-state index < -0.39 is 0 Å². The van der Waals surface area contributed by atoms with Gasteiger partial charge in [0, 0.05) is 19.1 Å². The first kappa shape index (κ1) is 15.2. The first-order chi connectivity index (χ1) is 9.10. The molecule has 4 heteroatoms. The molecular weight excluding hydrogens is 238 g/mol. The Morgan fingerprint density at radius 2 is 1.95 bits per heavy atom. The summed E-state index contributed by atoms with van der Waals surface area (Å²) in [6.45, 7) is 6.53. The van der Waals surface area contributed by atoms with Crippen LogP contribution in [0.4, 0.5) is 0 Å². The molecule has 2 fully saturated rings. The summed E-state index contributed by atoms with van der Waals surface area (Å²) < 4.78 is 6.01. The fourth-order valence-corrected chi connectivity index (χ4v) is 3.52. The van der Waals surface area contributed by atoms with Crippen molar-refractivity contribution in [3.63, 3.8) is 0 Å². The minimum absolute atomic E-state index is 0.344. The lowest BCUT2D eigenvalue weighted by atomic mass is 9.95. The third-order valence-corrected chi connectivity index (χ3v) is 4.89. The third kappa shape index (κ3) is 4.15. The van der Waals surface area contributed by atoms with Gasteiger partial charge in [0.15, 0.2) is 0 Å². The molecule has 0 aromatic heterocycles. The van der Waals surface area contributed by atoms with E-state index in [9.17, 15) is 0 Å². The van der Waals surface area contributed by atoms with Crippen molar-refractivity contribution in [1.82, 2.24) is 9.80 Å². The quantitative estimate of drug-likeness (QED) is 0.813. The van der Waals surface area contributed by atoms with E-state index in [1.807, 2.05) is 0 Å². The predicted octanol–water partition coefficient (Wildman–Crippen LogP) is 1.15. The highest BCUT2D eigenvalue weighted by atomic mass is 16.5. The van der Waals surface area contributed by atoms with Gasteiger partial charge >= 0.3 is 0 Å². The van der Waals surface area contributed by atoms with E-state index in [1.54, 1.807) is 0 Å². The van der Waals surface area contributed by atoms with E-state index in [-0.39, 0.29) is 0 Å². The summed E-state index contributed by atoms with van der Waals surface area (Å²) in [5.74, 6) is 0.828. The average Bonchev–Trinajstić information content (AvgIpc) is 2.80. The van der Waals surface area contributed by atoms with Crippen LogP contribution in [0, 0.1) is 5.92 Å². The molecule has 0 spiro atoms. The van der Waals surface area contributed by atoms with Crippen molar-refractivity contribution in [3.8, 4) is 0 Å². The normalized spacial score (nSPS) is 32.1. The fraction of sp³-hybridized carbons (Fsp3) is 1.00. The van der Waals surface area contributed by atoms with Gasteiger partial charge in [-0.3, -0.25) is 4.90 Å². The highest BCUT2D eigenvalue weighted by molar-refractivity contribution is 4.86. The lowest BCUT2D eigenvalue weighted by molar-refractivity contribution is -0.00292. The number of ether oxygens (including phenoxy) is 1. The molecule has 112 valence electrons. The van der Waals surface area contributed by atoms with Crippen LogP contribution in [0.5, 0.6) is 0 Å². The van der Waals surface area contributed by atoms with Gasteiger partial charge in [-0.1, -0.05) is 0 Å². The molecule has 4 nitrogen and oxygen atoms in total. The number of likely N-dealkylation sites (N-methyl/N-ethyl adjacent to an activating group) is 1. The molecule has 2 saturated heterocycles. The molecule has 2 rings (SSSR count). The van der Waals surface area contributed by atoms with Crippen LogP contribution in [0.2, 0.25) is 0 Å². The topological polar surface area (TPSA) is 41.7 Å². The smallest absolute Gasteiger partial charge is 0.0746 e. The molecule has 0 saturated carbocycles. The standard InChI is InChI=1S/C15H31N3O/c1-12-4-5-15(19-12)14(10-16)18(3)11-13-6-8-17(2)9-7-13/h12-15H,4-11,16H2,1-3H3. The molecule has 2 heterocycles. The van der Waals surface area contributed by atoms with Crippen LogP contribution in [-0.4, -0.2) is 68.3 Å². The van der Waals surface area contributed by atoms with E-state index in [1.165, 1.54) is 45.3 Å². The Labute approximate surface area is 118 Å². The van der Waals surface area contributed by atoms with Gasteiger partial charge in [0.05, 0.1) is 12.2 Å². The van der Waals surface area contributed by atoms with E-state index in [0.717, 1.165) is 5.92 Å². The summed E-state index contributed by atoms with van der Waals surface area (Å²) in [7, 11) is 4.44. The lowest BCUT2D eigenvalue weighted by Gasteiger charge is -2.36. The van der Waals surface area contributed by atoms with Crippen molar-refractivity contribution < 1.29 is 4.74 Å². The van der Waals surface area contributed by atoms with Crippen molar-refractivity contribution in [1.29, 1.82) is 0 Å². The lowest BCUT2D eigenvalue weighted by Crippen LogP contribution is -2.49. The van der Waals surface area contributed by atoms with Gasteiger partial charge in [-0.25, -0.2) is 0 Å². The Morgan fingerprint density at radius 3 is 2.47 bits per heavy atom. The minimum atomic E-state index is 0.344. The maximum absolute atomic E-state index is 6.01. The highest BCUT2D eigenvalue weighted by Crippen LogP contribution is 2.25. The number of nitrogens with zero attached hydrogens (tertiary/aromatic N) is 2. The van der Waals surface area contributed by atoms with Crippen molar-refractivity contribution in [2.24, 2.45) is 11.7 Å². The minimum Gasteiger partial charge on any atom is -0.374 e. The molecule has 19 heavy (non-hydrogen) atoms. The number of piperidine rings is 1. The molecular formula is C15H31N3O. The molecule has 2 N–H and O–H groups in total. The molecule has 0 radical (unpaired) electrons. The Balaban J connectivity index is 1.81. The molecule has 0 aromatic rings. The van der Waals surface area contributed by atoms with Crippen molar-refractivity contribution in [2.75, 3.05) is 40.3 Å². The van der Waals surface area contributed by atoms with Crippen LogP contribution in [0.3, 0.4) is 0 Å². The van der Waals surface area contributed by atoms with Crippen LogP contribution in [0.25, 0.3) is 0 Å². The average molecular weight is 269 g/mol. The van der Waals surface area contributed by atoms with Gasteiger partial charge in [-0.2, -0.15) is 0 Å². The van der Waals surface area contributed by atoms with Gasteiger partial charge in [0.2, 0.25) is 0 Å². The first-order valence-corrected chi connectivity index (χ1v) is 7.84. The third-order valence-electron chi connectivity index (χ3n) is 4.89.